The number of fused-ring (bicyclic) bond motifs is 1. The fourth-order valence-electron chi connectivity index (χ4n) is 2.33. The normalized spacial score (nSPS) is 33.7. The Morgan fingerprint density at radius 2 is 2.29 bits per heavy atom. The molecule has 0 radical (unpaired) electrons. The van der Waals surface area contributed by atoms with Gasteiger partial charge in [0.15, 0.2) is 0 Å². The number of benzene rings is 1. The molecule has 1 aromatic rings. The van der Waals surface area contributed by atoms with Crippen LogP contribution in [-0.2, 0) is 12.0 Å². The van der Waals surface area contributed by atoms with Gasteiger partial charge < -0.3 is 10.5 Å². The van der Waals surface area contributed by atoms with E-state index in [1.165, 1.54) is 11.1 Å². The molecular weight excluding hydrogens is 174 g/mol. The maximum absolute atomic E-state index is 6.26. The first-order valence-corrected chi connectivity index (χ1v) is 5.25. The molecule has 0 bridgehead atoms. The molecule has 14 heavy (non-hydrogen) atoms. The summed E-state index contributed by atoms with van der Waals surface area (Å²) in [6.45, 7) is 3.04. The van der Waals surface area contributed by atoms with Crippen molar-refractivity contribution in [1.82, 2.24) is 0 Å². The molecule has 0 saturated heterocycles. The average molecular weight is 189 g/mol. The fraction of sp³-hybridized carbons (Fsp3) is 0.500. The number of rotatable bonds is 1. The first-order valence-electron chi connectivity index (χ1n) is 5.25. The van der Waals surface area contributed by atoms with Gasteiger partial charge in [-0.1, -0.05) is 19.1 Å². The van der Waals surface area contributed by atoms with E-state index in [4.69, 9.17) is 10.5 Å². The Bertz CT molecular complexity index is 388. The largest absolute Gasteiger partial charge is 0.493 e. The first kappa shape index (κ1) is 8.30. The van der Waals surface area contributed by atoms with Gasteiger partial charge in [-0.2, -0.15) is 0 Å². The van der Waals surface area contributed by atoms with Gasteiger partial charge in [-0.05, 0) is 29.5 Å². The van der Waals surface area contributed by atoms with Crippen LogP contribution in [0.4, 0.5) is 0 Å². The highest BCUT2D eigenvalue weighted by atomic mass is 16.5. The Morgan fingerprint density at radius 3 is 3.00 bits per heavy atom. The summed E-state index contributed by atoms with van der Waals surface area (Å²) < 4.78 is 5.47. The second-order valence-corrected chi connectivity index (χ2v) is 4.57. The molecule has 1 saturated carbocycles. The highest BCUT2D eigenvalue weighted by Gasteiger charge is 2.49. The molecule has 2 atom stereocenters. The summed E-state index contributed by atoms with van der Waals surface area (Å²) in [6, 6.07) is 6.41. The van der Waals surface area contributed by atoms with Crippen LogP contribution >= 0.6 is 0 Å². The summed E-state index contributed by atoms with van der Waals surface area (Å²) >= 11 is 0. The van der Waals surface area contributed by atoms with Gasteiger partial charge >= 0.3 is 0 Å². The van der Waals surface area contributed by atoms with Crippen molar-refractivity contribution in [1.29, 1.82) is 0 Å². The summed E-state index contributed by atoms with van der Waals surface area (Å²) in [6.07, 6.45) is 2.15. The lowest BCUT2D eigenvalue weighted by molar-refractivity contribution is 0.356. The molecule has 74 valence electrons. The monoisotopic (exact) mass is 189 g/mol. The van der Waals surface area contributed by atoms with Crippen LogP contribution in [0, 0.1) is 5.92 Å². The molecule has 2 heteroatoms. The molecule has 2 aliphatic rings. The van der Waals surface area contributed by atoms with Gasteiger partial charge in [0.05, 0.1) is 6.61 Å². The van der Waals surface area contributed by atoms with E-state index in [1.54, 1.807) is 0 Å². The minimum absolute atomic E-state index is 0.0440. The zero-order valence-electron chi connectivity index (χ0n) is 8.42. The smallest absolute Gasteiger partial charge is 0.122 e. The van der Waals surface area contributed by atoms with Crippen molar-refractivity contribution < 1.29 is 4.74 Å². The molecule has 1 fully saturated rings. The zero-order chi connectivity index (χ0) is 9.76. The lowest BCUT2D eigenvalue weighted by atomic mass is 10.00. The van der Waals surface area contributed by atoms with E-state index < -0.39 is 0 Å². The van der Waals surface area contributed by atoms with Crippen molar-refractivity contribution in [3.8, 4) is 5.75 Å². The minimum Gasteiger partial charge on any atom is -0.493 e. The number of nitrogens with two attached hydrogens (primary N) is 1. The third-order valence-corrected chi connectivity index (χ3v) is 3.59. The van der Waals surface area contributed by atoms with E-state index in [9.17, 15) is 0 Å². The van der Waals surface area contributed by atoms with Crippen molar-refractivity contribution in [2.75, 3.05) is 6.61 Å². The molecule has 2 unspecified atom stereocenters. The quantitative estimate of drug-likeness (QED) is 0.731. The fourth-order valence-corrected chi connectivity index (χ4v) is 2.33. The van der Waals surface area contributed by atoms with Crippen LogP contribution in [0.3, 0.4) is 0 Å². The van der Waals surface area contributed by atoms with Crippen LogP contribution < -0.4 is 10.5 Å². The van der Waals surface area contributed by atoms with Gasteiger partial charge in [0.25, 0.3) is 0 Å². The minimum atomic E-state index is -0.0440. The maximum atomic E-state index is 6.26. The van der Waals surface area contributed by atoms with E-state index >= 15 is 0 Å². The third kappa shape index (κ3) is 1.01. The first-order chi connectivity index (χ1) is 6.70. The molecular formula is C12H15NO. The van der Waals surface area contributed by atoms with Gasteiger partial charge in [-0.25, -0.2) is 0 Å². The van der Waals surface area contributed by atoms with Gasteiger partial charge in [-0.3, -0.25) is 0 Å². The Labute approximate surface area is 84.1 Å². The van der Waals surface area contributed by atoms with Crippen molar-refractivity contribution in [3.05, 3.63) is 29.3 Å². The molecule has 0 spiro atoms. The van der Waals surface area contributed by atoms with Crippen LogP contribution in [0.1, 0.15) is 24.5 Å². The maximum Gasteiger partial charge on any atom is 0.122 e. The van der Waals surface area contributed by atoms with E-state index in [0.717, 1.165) is 25.2 Å². The van der Waals surface area contributed by atoms with Crippen LogP contribution in [0.2, 0.25) is 0 Å². The van der Waals surface area contributed by atoms with E-state index in [0.29, 0.717) is 5.92 Å². The summed E-state index contributed by atoms with van der Waals surface area (Å²) in [5.74, 6) is 1.67. The summed E-state index contributed by atoms with van der Waals surface area (Å²) in [5.41, 5.74) is 8.83. The van der Waals surface area contributed by atoms with Gasteiger partial charge in [0, 0.05) is 12.0 Å². The Balaban J connectivity index is 2.01. The van der Waals surface area contributed by atoms with E-state index in [1.807, 2.05) is 0 Å². The Hall–Kier alpha value is -1.02. The molecule has 2 N–H and O–H groups in total. The number of hydrogen-bond acceptors (Lipinski definition) is 2. The second-order valence-electron chi connectivity index (χ2n) is 4.57. The Morgan fingerprint density at radius 1 is 1.50 bits per heavy atom. The van der Waals surface area contributed by atoms with Gasteiger partial charge in [-0.15, -0.1) is 0 Å². The highest BCUT2D eigenvalue weighted by Crippen LogP contribution is 2.49. The summed E-state index contributed by atoms with van der Waals surface area (Å²) in [4.78, 5) is 0. The van der Waals surface area contributed by atoms with Crippen molar-refractivity contribution in [2.24, 2.45) is 11.7 Å². The summed E-state index contributed by atoms with van der Waals surface area (Å²) in [7, 11) is 0. The van der Waals surface area contributed by atoms with Crippen molar-refractivity contribution in [3.63, 3.8) is 0 Å². The van der Waals surface area contributed by atoms with Gasteiger partial charge in [0.2, 0.25) is 0 Å². The van der Waals surface area contributed by atoms with Crippen LogP contribution in [0.25, 0.3) is 0 Å². The van der Waals surface area contributed by atoms with E-state index in [2.05, 4.69) is 25.1 Å². The molecule has 3 rings (SSSR count). The molecule has 1 aliphatic heterocycles. The topological polar surface area (TPSA) is 35.2 Å². The average Bonchev–Trinajstić information content (AvgIpc) is 2.66. The highest BCUT2D eigenvalue weighted by molar-refractivity contribution is 5.44. The third-order valence-electron chi connectivity index (χ3n) is 3.59. The zero-order valence-corrected chi connectivity index (χ0v) is 8.42. The lowest BCUT2D eigenvalue weighted by Gasteiger charge is -2.11. The van der Waals surface area contributed by atoms with E-state index in [-0.39, 0.29) is 5.54 Å². The molecule has 0 aromatic heterocycles. The van der Waals surface area contributed by atoms with Crippen molar-refractivity contribution in [2.45, 2.75) is 25.3 Å². The predicted molar refractivity (Wildman–Crippen MR) is 55.3 cm³/mol. The number of hydrogen-bond donors (Lipinski definition) is 1. The molecule has 1 aliphatic carbocycles. The Kier molecular flexibility index (Phi) is 1.49. The molecule has 1 heterocycles. The van der Waals surface area contributed by atoms with Crippen LogP contribution in [0.15, 0.2) is 18.2 Å². The van der Waals surface area contributed by atoms with Crippen molar-refractivity contribution >= 4 is 0 Å². The standard InChI is InChI=1S/C12H15NO/c1-8-7-12(8,13)10-2-3-11-9(6-10)4-5-14-11/h2-3,6,8H,4-5,7,13H2,1H3. The SMILES string of the molecule is CC1CC1(N)c1ccc2c(c1)CCO2. The second kappa shape index (κ2) is 2.51. The van der Waals surface area contributed by atoms with Crippen LogP contribution in [-0.4, -0.2) is 6.61 Å². The number of ether oxygens (including phenoxy) is 1. The predicted octanol–water partition coefficient (Wildman–Crippen LogP) is 1.82. The molecule has 2 nitrogen and oxygen atoms in total. The molecule has 0 amide bonds. The molecule has 1 aromatic carbocycles. The van der Waals surface area contributed by atoms with Crippen LogP contribution in [0.5, 0.6) is 5.75 Å². The lowest BCUT2D eigenvalue weighted by Crippen LogP contribution is -2.21. The van der Waals surface area contributed by atoms with Gasteiger partial charge in [0.1, 0.15) is 5.75 Å². The summed E-state index contributed by atoms with van der Waals surface area (Å²) in [5, 5.41) is 0.